The Kier molecular flexibility index (Phi) is 5.89. The summed E-state index contributed by atoms with van der Waals surface area (Å²) in [5.74, 6) is 0.174. The van der Waals surface area contributed by atoms with Gasteiger partial charge in [0.2, 0.25) is 5.88 Å². The van der Waals surface area contributed by atoms with Crippen LogP contribution in [-0.4, -0.2) is 53.7 Å². The van der Waals surface area contributed by atoms with Crippen LogP contribution >= 0.6 is 22.6 Å². The molecule has 0 aliphatic carbocycles. The van der Waals surface area contributed by atoms with Crippen LogP contribution in [0.2, 0.25) is 0 Å². The Hall–Kier alpha value is -1.58. The number of pyridine rings is 1. The van der Waals surface area contributed by atoms with E-state index in [1.54, 1.807) is 17.2 Å². The molecule has 2 heterocycles. The first-order chi connectivity index (χ1) is 11.2. The monoisotopic (exact) mass is 447 g/mol. The van der Waals surface area contributed by atoms with Gasteiger partial charge in [-0.2, -0.15) is 0 Å². The van der Waals surface area contributed by atoms with Gasteiger partial charge in [-0.3, -0.25) is 4.79 Å². The van der Waals surface area contributed by atoms with Gasteiger partial charge >= 0.3 is 6.09 Å². The minimum Gasteiger partial charge on any atom is -0.480 e. The van der Waals surface area contributed by atoms with Gasteiger partial charge in [0.25, 0.3) is 5.91 Å². The molecular weight excluding hydrogens is 425 g/mol. The summed E-state index contributed by atoms with van der Waals surface area (Å²) in [4.78, 5) is 30.4. The molecule has 1 aromatic heterocycles. The lowest BCUT2D eigenvalue weighted by Crippen LogP contribution is -2.41. The van der Waals surface area contributed by atoms with Gasteiger partial charge in [0.15, 0.2) is 0 Å². The highest BCUT2D eigenvalue weighted by atomic mass is 127. The first kappa shape index (κ1) is 18.8. The van der Waals surface area contributed by atoms with Crippen LogP contribution in [-0.2, 0) is 4.74 Å². The van der Waals surface area contributed by atoms with E-state index in [2.05, 4.69) is 32.9 Å². The number of hydrogen-bond acceptors (Lipinski definition) is 5. The smallest absolute Gasteiger partial charge is 0.407 e. The van der Waals surface area contributed by atoms with Gasteiger partial charge in [0.1, 0.15) is 11.2 Å². The average molecular weight is 447 g/mol. The van der Waals surface area contributed by atoms with E-state index in [0.717, 1.165) is 3.57 Å². The van der Waals surface area contributed by atoms with Crippen LogP contribution in [0, 0.1) is 3.57 Å². The van der Waals surface area contributed by atoms with Crippen LogP contribution in [0.4, 0.5) is 4.79 Å². The van der Waals surface area contributed by atoms with Crippen LogP contribution in [0.1, 0.15) is 37.6 Å². The third-order valence-corrected chi connectivity index (χ3v) is 4.37. The van der Waals surface area contributed by atoms with Crippen LogP contribution < -0.4 is 10.1 Å². The number of halogens is 1. The van der Waals surface area contributed by atoms with Crippen molar-refractivity contribution in [3.8, 4) is 5.88 Å². The minimum atomic E-state index is -0.544. The SMILES string of the molecule is COc1nccc(I)c1C(=O)N1CC[C@H](NC(=O)OC(C)(C)C)C1. The first-order valence-electron chi connectivity index (χ1n) is 7.68. The number of rotatable bonds is 3. The molecule has 0 aromatic carbocycles. The van der Waals surface area contributed by atoms with E-state index in [9.17, 15) is 9.59 Å². The Morgan fingerprint density at radius 3 is 2.75 bits per heavy atom. The molecule has 24 heavy (non-hydrogen) atoms. The van der Waals surface area contributed by atoms with Crippen LogP contribution in [0.3, 0.4) is 0 Å². The molecule has 2 rings (SSSR count). The highest BCUT2D eigenvalue weighted by Crippen LogP contribution is 2.24. The lowest BCUT2D eigenvalue weighted by atomic mass is 10.2. The van der Waals surface area contributed by atoms with Crippen molar-refractivity contribution in [3.63, 3.8) is 0 Å². The Balaban J connectivity index is 2.01. The van der Waals surface area contributed by atoms with E-state index in [0.29, 0.717) is 31.0 Å². The number of ether oxygens (including phenoxy) is 2. The number of methoxy groups -OCH3 is 1. The van der Waals surface area contributed by atoms with Crippen LogP contribution in [0.5, 0.6) is 5.88 Å². The molecule has 0 radical (unpaired) electrons. The molecule has 2 amide bonds. The number of alkyl carbamates (subject to hydrolysis) is 1. The Morgan fingerprint density at radius 1 is 1.42 bits per heavy atom. The van der Waals surface area contributed by atoms with Gasteiger partial charge in [-0.1, -0.05) is 0 Å². The van der Waals surface area contributed by atoms with Crippen molar-refractivity contribution < 1.29 is 19.1 Å². The van der Waals surface area contributed by atoms with Crippen molar-refractivity contribution in [2.75, 3.05) is 20.2 Å². The Labute approximate surface area is 155 Å². The van der Waals surface area contributed by atoms with Gasteiger partial charge in [0.05, 0.1) is 13.2 Å². The minimum absolute atomic E-state index is 0.121. The summed E-state index contributed by atoms with van der Waals surface area (Å²) in [5.41, 5.74) is -0.0873. The largest absolute Gasteiger partial charge is 0.480 e. The van der Waals surface area contributed by atoms with Crippen molar-refractivity contribution in [3.05, 3.63) is 21.4 Å². The predicted molar refractivity (Wildman–Crippen MR) is 97.2 cm³/mol. The maximum Gasteiger partial charge on any atom is 0.407 e. The summed E-state index contributed by atoms with van der Waals surface area (Å²) in [6, 6.07) is 1.65. The fraction of sp³-hybridized carbons (Fsp3) is 0.562. The first-order valence-corrected chi connectivity index (χ1v) is 8.76. The summed E-state index contributed by atoms with van der Waals surface area (Å²) in [6.45, 7) is 6.44. The summed E-state index contributed by atoms with van der Waals surface area (Å²) >= 11 is 2.09. The molecule has 1 aliphatic heterocycles. The zero-order chi connectivity index (χ0) is 17.9. The van der Waals surface area contributed by atoms with Crippen molar-refractivity contribution in [2.45, 2.75) is 38.8 Å². The number of aromatic nitrogens is 1. The zero-order valence-corrected chi connectivity index (χ0v) is 16.4. The number of nitrogens with one attached hydrogen (secondary N) is 1. The Bertz CT molecular complexity index is 630. The van der Waals surface area contributed by atoms with Crippen LogP contribution in [0.25, 0.3) is 0 Å². The maximum atomic E-state index is 12.8. The van der Waals surface area contributed by atoms with E-state index in [-0.39, 0.29) is 11.9 Å². The van der Waals surface area contributed by atoms with Crippen LogP contribution in [0.15, 0.2) is 12.3 Å². The number of hydrogen-bond donors (Lipinski definition) is 1. The second kappa shape index (κ2) is 7.54. The summed E-state index contributed by atoms with van der Waals surface area (Å²) in [7, 11) is 1.49. The van der Waals surface area contributed by atoms with Gasteiger partial charge in [-0.25, -0.2) is 9.78 Å². The molecule has 0 saturated carbocycles. The summed E-state index contributed by atoms with van der Waals surface area (Å²) < 4.78 is 11.2. The number of likely N-dealkylation sites (tertiary alicyclic amines) is 1. The highest BCUT2D eigenvalue weighted by Gasteiger charge is 2.31. The number of nitrogens with zero attached hydrogens (tertiary/aromatic N) is 2. The van der Waals surface area contributed by atoms with Crippen molar-refractivity contribution in [1.82, 2.24) is 15.2 Å². The summed E-state index contributed by atoms with van der Waals surface area (Å²) in [6.07, 6.45) is 1.83. The Morgan fingerprint density at radius 2 is 2.12 bits per heavy atom. The molecule has 1 aliphatic rings. The zero-order valence-electron chi connectivity index (χ0n) is 14.3. The maximum absolute atomic E-state index is 12.8. The molecule has 1 atom stereocenters. The quantitative estimate of drug-likeness (QED) is 0.721. The molecule has 0 unspecified atom stereocenters. The lowest BCUT2D eigenvalue weighted by Gasteiger charge is -2.22. The van der Waals surface area contributed by atoms with E-state index >= 15 is 0 Å². The number of amides is 2. The van der Waals surface area contributed by atoms with E-state index in [4.69, 9.17) is 9.47 Å². The number of carbonyl (C=O) groups is 2. The van der Waals surface area contributed by atoms with Gasteiger partial charge < -0.3 is 19.7 Å². The van der Waals surface area contributed by atoms with Crippen molar-refractivity contribution >= 4 is 34.6 Å². The van der Waals surface area contributed by atoms with Gasteiger partial charge in [-0.15, -0.1) is 0 Å². The molecule has 8 heteroatoms. The van der Waals surface area contributed by atoms with Gasteiger partial charge in [-0.05, 0) is 55.8 Å². The molecule has 0 bridgehead atoms. The molecule has 1 aromatic rings. The molecule has 0 spiro atoms. The predicted octanol–water partition coefficient (Wildman–Crippen LogP) is 2.43. The van der Waals surface area contributed by atoms with E-state index in [1.165, 1.54) is 7.11 Å². The second-order valence-corrected chi connectivity index (χ2v) is 7.72. The topological polar surface area (TPSA) is 80.8 Å². The second-order valence-electron chi connectivity index (χ2n) is 6.56. The normalized spacial score (nSPS) is 17.5. The molecule has 7 nitrogen and oxygen atoms in total. The molecule has 1 fully saturated rings. The third kappa shape index (κ3) is 4.71. The summed E-state index contributed by atoms with van der Waals surface area (Å²) in [5, 5.41) is 2.81. The van der Waals surface area contributed by atoms with Crippen molar-refractivity contribution in [1.29, 1.82) is 0 Å². The third-order valence-electron chi connectivity index (χ3n) is 3.47. The molecule has 1 N–H and O–H groups in total. The van der Waals surface area contributed by atoms with E-state index in [1.807, 2.05) is 20.8 Å². The fourth-order valence-electron chi connectivity index (χ4n) is 2.46. The molecule has 132 valence electrons. The lowest BCUT2D eigenvalue weighted by molar-refractivity contribution is 0.0502. The number of carbonyl (C=O) groups excluding carboxylic acids is 2. The van der Waals surface area contributed by atoms with E-state index < -0.39 is 11.7 Å². The molecular formula is C16H22IN3O4. The fourth-order valence-corrected chi connectivity index (χ4v) is 3.09. The van der Waals surface area contributed by atoms with Crippen molar-refractivity contribution in [2.24, 2.45) is 0 Å². The van der Waals surface area contributed by atoms with Gasteiger partial charge in [0, 0.05) is 22.9 Å². The average Bonchev–Trinajstić information content (AvgIpc) is 2.92. The standard InChI is InChI=1S/C16H22IN3O4/c1-16(2,3)24-15(22)19-10-6-8-20(9-10)14(21)12-11(17)5-7-18-13(12)23-4/h5,7,10H,6,8-9H2,1-4H3,(H,19,22)/t10-/m0/s1. The highest BCUT2D eigenvalue weighted by molar-refractivity contribution is 14.1. The molecule has 1 saturated heterocycles.